The Morgan fingerprint density at radius 1 is 1.06 bits per heavy atom. The highest BCUT2D eigenvalue weighted by molar-refractivity contribution is 7.79. The summed E-state index contributed by atoms with van der Waals surface area (Å²) >= 11 is -1.12. The number of thiazole rings is 1. The number of aryl methyl sites for hydroxylation is 1. The number of urea groups is 1. The summed E-state index contributed by atoms with van der Waals surface area (Å²) in [6, 6.07) is 14.7. The van der Waals surface area contributed by atoms with E-state index in [0.29, 0.717) is 33.0 Å². The number of nitrogens with one attached hydrogen (secondary N) is 2. The van der Waals surface area contributed by atoms with Crippen LogP contribution >= 0.6 is 11.3 Å². The van der Waals surface area contributed by atoms with Crippen molar-refractivity contribution < 1.29 is 23.1 Å². The van der Waals surface area contributed by atoms with Gasteiger partial charge in [0.25, 0.3) is 0 Å². The maximum absolute atomic E-state index is 13.3. The van der Waals surface area contributed by atoms with Crippen molar-refractivity contribution in [3.63, 3.8) is 0 Å². The lowest BCUT2D eigenvalue weighted by Gasteiger charge is -2.13. The Morgan fingerprint density at radius 3 is 2.53 bits per heavy atom. The molecule has 0 spiro atoms. The molecule has 0 radical (unpaired) electrons. The monoisotopic (exact) mass is 522 g/mol. The molecule has 2 atom stereocenters. The smallest absolute Gasteiger partial charge is 0.325 e. The Labute approximate surface area is 213 Å². The van der Waals surface area contributed by atoms with Crippen LogP contribution in [0.25, 0.3) is 0 Å². The van der Waals surface area contributed by atoms with Crippen LogP contribution in [-0.4, -0.2) is 37.7 Å². The topological polar surface area (TPSA) is 131 Å². The Kier molecular flexibility index (Phi) is 7.84. The molecule has 36 heavy (non-hydrogen) atoms. The van der Waals surface area contributed by atoms with E-state index >= 15 is 0 Å². The van der Waals surface area contributed by atoms with Gasteiger partial charge in [-0.1, -0.05) is 35.1 Å². The van der Waals surface area contributed by atoms with Crippen molar-refractivity contribution in [2.75, 3.05) is 17.7 Å². The van der Waals surface area contributed by atoms with Gasteiger partial charge >= 0.3 is 6.03 Å². The summed E-state index contributed by atoms with van der Waals surface area (Å²) in [7, 11) is 1.49. The lowest BCUT2D eigenvalue weighted by atomic mass is 9.99. The number of hydrogen-bond donors (Lipinski definition) is 3. The molecule has 9 nitrogen and oxygen atoms in total. The minimum atomic E-state index is -2.20. The second-order valence-corrected chi connectivity index (χ2v) is 9.75. The van der Waals surface area contributed by atoms with E-state index in [9.17, 15) is 18.4 Å². The molecule has 184 valence electrons. The van der Waals surface area contributed by atoms with Gasteiger partial charge in [-0.2, -0.15) is 0 Å². The normalized spacial score (nSPS) is 12.4. The number of methoxy groups -OCH3 is 1. The molecule has 4 rings (SSSR count). The van der Waals surface area contributed by atoms with Crippen molar-refractivity contribution in [2.45, 2.75) is 12.2 Å². The molecule has 2 amide bonds. The minimum Gasteiger partial charge on any atom is -0.496 e. The maximum Gasteiger partial charge on any atom is 0.325 e. The zero-order valence-electron chi connectivity index (χ0n) is 19.3. The van der Waals surface area contributed by atoms with Crippen LogP contribution in [-0.2, 0) is 11.1 Å². The van der Waals surface area contributed by atoms with Crippen LogP contribution in [0.1, 0.15) is 37.2 Å². The van der Waals surface area contributed by atoms with Gasteiger partial charge in [0.05, 0.1) is 18.4 Å². The van der Waals surface area contributed by atoms with E-state index in [4.69, 9.17) is 4.74 Å². The largest absolute Gasteiger partial charge is 0.496 e. The van der Waals surface area contributed by atoms with Crippen LogP contribution in [0.3, 0.4) is 0 Å². The Balaban J connectivity index is 1.54. The van der Waals surface area contributed by atoms with Gasteiger partial charge in [0, 0.05) is 29.0 Å². The summed E-state index contributed by atoms with van der Waals surface area (Å²) in [6.07, 6.45) is 4.52. The van der Waals surface area contributed by atoms with Crippen molar-refractivity contribution in [3.05, 3.63) is 100 Å². The number of carbonyl (C=O) groups is 2. The maximum atomic E-state index is 13.3. The van der Waals surface area contributed by atoms with Crippen molar-refractivity contribution in [3.8, 4) is 5.75 Å². The van der Waals surface area contributed by atoms with Crippen LogP contribution in [0.15, 0.2) is 73.2 Å². The molecule has 2 heterocycles. The number of benzene rings is 2. The van der Waals surface area contributed by atoms with Gasteiger partial charge in [-0.05, 0) is 48.9 Å². The molecule has 0 aliphatic heterocycles. The summed E-state index contributed by atoms with van der Waals surface area (Å²) in [4.78, 5) is 34.7. The predicted octanol–water partition coefficient (Wildman–Crippen LogP) is 5.04. The number of rotatable bonds is 8. The van der Waals surface area contributed by atoms with Crippen LogP contribution in [0.5, 0.6) is 5.75 Å². The third-order valence-electron chi connectivity index (χ3n) is 5.23. The van der Waals surface area contributed by atoms with Gasteiger partial charge in [0.1, 0.15) is 11.0 Å². The predicted molar refractivity (Wildman–Crippen MR) is 139 cm³/mol. The number of anilines is 2. The molecule has 2 aromatic heterocycles. The Bertz CT molecular complexity index is 1420. The zero-order chi connectivity index (χ0) is 25.7. The molecule has 0 aliphatic carbocycles. The van der Waals surface area contributed by atoms with E-state index in [-0.39, 0.29) is 10.9 Å². The van der Waals surface area contributed by atoms with Gasteiger partial charge in [0.15, 0.2) is 22.0 Å². The number of aromatic nitrogens is 2. The molecule has 3 N–H and O–H groups in total. The summed E-state index contributed by atoms with van der Waals surface area (Å²) in [6.45, 7) is 1.85. The van der Waals surface area contributed by atoms with E-state index in [1.165, 1.54) is 25.7 Å². The molecular weight excluding hydrogens is 500 g/mol. The average Bonchev–Trinajstić information content (AvgIpc) is 3.32. The van der Waals surface area contributed by atoms with Crippen LogP contribution < -0.4 is 15.4 Å². The first-order chi connectivity index (χ1) is 17.4. The second-order valence-electron chi connectivity index (χ2n) is 7.66. The molecule has 0 saturated carbocycles. The lowest BCUT2D eigenvalue weighted by molar-refractivity contribution is 0.103. The minimum absolute atomic E-state index is 0.233. The van der Waals surface area contributed by atoms with Gasteiger partial charge in [-0.25, -0.2) is 14.0 Å². The zero-order valence-corrected chi connectivity index (χ0v) is 20.9. The third kappa shape index (κ3) is 5.65. The van der Waals surface area contributed by atoms with Gasteiger partial charge in [0.2, 0.25) is 0 Å². The third-order valence-corrected chi connectivity index (χ3v) is 7.29. The summed E-state index contributed by atoms with van der Waals surface area (Å²) in [5.41, 5.74) is 2.45. The summed E-state index contributed by atoms with van der Waals surface area (Å²) < 4.78 is 27.1. The van der Waals surface area contributed by atoms with Crippen molar-refractivity contribution in [2.24, 2.45) is 0 Å². The fourth-order valence-corrected chi connectivity index (χ4v) is 5.43. The number of ketones is 1. The van der Waals surface area contributed by atoms with Gasteiger partial charge in [-0.15, -0.1) is 0 Å². The standard InChI is InChI=1S/C25H22N4O5S2/c1-15-7-8-19(18(13-15)22(30)17-5-3-4-6-20(17)34-2)28-24(31)29-25-27-14-21(35-25)23(36(32)33)16-9-11-26-12-10-16/h3-14,23H,1-2H3,(H,32,33)(H2,27,28,29,31). The SMILES string of the molecule is COc1ccccc1C(=O)c1cc(C)ccc1NC(=O)Nc1ncc(C(c2ccncc2)S(=O)O)s1. The fourth-order valence-electron chi connectivity index (χ4n) is 3.57. The summed E-state index contributed by atoms with van der Waals surface area (Å²) in [5, 5.41) is 4.74. The molecule has 4 aromatic rings. The Morgan fingerprint density at radius 2 is 1.81 bits per heavy atom. The van der Waals surface area contributed by atoms with E-state index in [1.54, 1.807) is 54.6 Å². The summed E-state index contributed by atoms with van der Waals surface area (Å²) in [5.74, 6) is 0.133. The highest BCUT2D eigenvalue weighted by Crippen LogP contribution is 2.33. The van der Waals surface area contributed by atoms with Crippen LogP contribution in [0, 0.1) is 6.92 Å². The van der Waals surface area contributed by atoms with Crippen LogP contribution in [0.2, 0.25) is 0 Å². The first-order valence-corrected chi connectivity index (χ1v) is 12.7. The number of ether oxygens (including phenoxy) is 1. The van der Waals surface area contributed by atoms with E-state index in [2.05, 4.69) is 20.6 Å². The van der Waals surface area contributed by atoms with Crippen molar-refractivity contribution >= 4 is 45.1 Å². The molecule has 11 heteroatoms. The van der Waals surface area contributed by atoms with Gasteiger partial charge in [-0.3, -0.25) is 15.1 Å². The van der Waals surface area contributed by atoms with E-state index < -0.39 is 22.4 Å². The lowest BCUT2D eigenvalue weighted by Crippen LogP contribution is -2.21. The van der Waals surface area contributed by atoms with Crippen LogP contribution in [0.4, 0.5) is 15.6 Å². The first-order valence-electron chi connectivity index (χ1n) is 10.7. The number of hydrogen-bond acceptors (Lipinski definition) is 7. The number of carbonyl (C=O) groups excluding carboxylic acids is 2. The Hall–Kier alpha value is -3.93. The van der Waals surface area contributed by atoms with E-state index in [0.717, 1.165) is 16.9 Å². The molecular formula is C25H22N4O5S2. The number of para-hydroxylation sites is 1. The number of amides is 2. The van der Waals surface area contributed by atoms with Crippen molar-refractivity contribution in [1.82, 2.24) is 9.97 Å². The molecule has 2 unspecified atom stereocenters. The number of nitrogens with zero attached hydrogens (tertiary/aromatic N) is 2. The van der Waals surface area contributed by atoms with E-state index in [1.807, 2.05) is 6.92 Å². The average molecular weight is 523 g/mol. The quantitative estimate of drug-likeness (QED) is 0.218. The molecule has 2 aromatic carbocycles. The highest BCUT2D eigenvalue weighted by Gasteiger charge is 2.24. The first kappa shape index (κ1) is 25.2. The van der Waals surface area contributed by atoms with Gasteiger partial charge < -0.3 is 14.6 Å². The van der Waals surface area contributed by atoms with Crippen molar-refractivity contribution in [1.29, 1.82) is 0 Å². The number of pyridine rings is 1. The highest BCUT2D eigenvalue weighted by atomic mass is 32.2. The second kappa shape index (κ2) is 11.2. The fraction of sp³-hybridized carbons (Fsp3) is 0.120. The molecule has 0 aliphatic rings. The molecule has 0 bridgehead atoms. The molecule has 0 fully saturated rings. The molecule has 0 saturated heterocycles.